The lowest BCUT2D eigenvalue weighted by Crippen LogP contribution is -2.51. The van der Waals surface area contributed by atoms with Gasteiger partial charge in [-0.15, -0.1) is 13.2 Å². The number of urea groups is 1. The van der Waals surface area contributed by atoms with Crippen molar-refractivity contribution in [2.75, 3.05) is 24.7 Å². The number of anilines is 1. The van der Waals surface area contributed by atoms with Gasteiger partial charge < -0.3 is 42.6 Å². The predicted octanol–water partition coefficient (Wildman–Crippen LogP) is 3.47. The average Bonchev–Trinajstić information content (AvgIpc) is 3.40. The SMILES string of the molecule is CC(N)CCCc1cc(OC(F)(F)F)c(F)c(C2=CC3=CN(c4ccc(C5COCC(CCN=C(N)N)N5)cc4)C(=O)NC3N2)c1. The van der Waals surface area contributed by atoms with Gasteiger partial charge in [0.05, 0.1) is 24.9 Å². The number of guanidine groups is 1. The van der Waals surface area contributed by atoms with Gasteiger partial charge in [0.2, 0.25) is 0 Å². The molecule has 0 bridgehead atoms. The van der Waals surface area contributed by atoms with Gasteiger partial charge >= 0.3 is 12.4 Å². The molecule has 0 aromatic heterocycles. The molecule has 2 aromatic rings. The van der Waals surface area contributed by atoms with Crippen molar-refractivity contribution in [3.05, 3.63) is 76.8 Å². The Morgan fingerprint density at radius 2 is 1.93 bits per heavy atom. The highest BCUT2D eigenvalue weighted by Crippen LogP contribution is 2.35. The molecule has 46 heavy (non-hydrogen) atoms. The first-order chi connectivity index (χ1) is 21.9. The molecule has 3 aliphatic rings. The minimum absolute atomic E-state index is 0.0433. The quantitative estimate of drug-likeness (QED) is 0.123. The number of carbonyl (C=O) groups excluding carboxylic acids is 1. The third-order valence-corrected chi connectivity index (χ3v) is 7.83. The van der Waals surface area contributed by atoms with Crippen molar-refractivity contribution in [3.8, 4) is 5.75 Å². The fourth-order valence-corrected chi connectivity index (χ4v) is 5.62. The lowest BCUT2D eigenvalue weighted by Gasteiger charge is -2.32. The fraction of sp³-hybridized carbons (Fsp3) is 0.419. The van der Waals surface area contributed by atoms with E-state index in [1.165, 1.54) is 11.0 Å². The van der Waals surface area contributed by atoms with Gasteiger partial charge in [-0.3, -0.25) is 9.89 Å². The minimum Gasteiger partial charge on any atom is -0.403 e. The monoisotopic (exact) mass is 646 g/mol. The second-order valence-corrected chi connectivity index (χ2v) is 11.6. The van der Waals surface area contributed by atoms with Crippen LogP contribution in [0.2, 0.25) is 0 Å². The molecule has 2 amide bonds. The molecule has 3 heterocycles. The Morgan fingerprint density at radius 1 is 1.17 bits per heavy atom. The van der Waals surface area contributed by atoms with Crippen LogP contribution in [0.4, 0.5) is 28.0 Å². The Bertz CT molecular complexity index is 1510. The van der Waals surface area contributed by atoms with Crippen LogP contribution < -0.4 is 42.8 Å². The average molecular weight is 647 g/mol. The zero-order valence-electron chi connectivity index (χ0n) is 25.2. The maximum atomic E-state index is 15.4. The number of halogens is 4. The fourth-order valence-electron chi connectivity index (χ4n) is 5.62. The molecule has 4 unspecified atom stereocenters. The molecule has 0 saturated carbocycles. The highest BCUT2D eigenvalue weighted by Gasteiger charge is 2.36. The maximum absolute atomic E-state index is 15.4. The molecule has 0 spiro atoms. The number of nitrogens with zero attached hydrogens (tertiary/aromatic N) is 2. The molecule has 3 aliphatic heterocycles. The number of hydrogen-bond acceptors (Lipinski definition) is 7. The number of amides is 2. The molecular formula is C31H38F4N8O3. The van der Waals surface area contributed by atoms with E-state index in [2.05, 4.69) is 25.7 Å². The molecule has 5 rings (SSSR count). The van der Waals surface area contributed by atoms with Gasteiger partial charge in [0.15, 0.2) is 17.5 Å². The lowest BCUT2D eigenvalue weighted by atomic mass is 10.0. The number of rotatable bonds is 11. The Balaban J connectivity index is 1.34. The van der Waals surface area contributed by atoms with Gasteiger partial charge in [-0.1, -0.05) is 12.1 Å². The first-order valence-electron chi connectivity index (χ1n) is 15.0. The Hall–Kier alpha value is -4.34. The van der Waals surface area contributed by atoms with Crippen LogP contribution in [-0.4, -0.2) is 56.4 Å². The summed E-state index contributed by atoms with van der Waals surface area (Å²) in [6, 6.07) is 9.44. The maximum Gasteiger partial charge on any atom is 0.573 e. The largest absolute Gasteiger partial charge is 0.573 e. The third kappa shape index (κ3) is 8.27. The number of aryl methyl sites for hydroxylation is 1. The van der Waals surface area contributed by atoms with Crippen LogP contribution in [0.3, 0.4) is 0 Å². The van der Waals surface area contributed by atoms with Gasteiger partial charge in [0.25, 0.3) is 0 Å². The topological polar surface area (TPSA) is 165 Å². The van der Waals surface area contributed by atoms with Gasteiger partial charge in [-0.05, 0) is 74.1 Å². The molecular weight excluding hydrogens is 608 g/mol. The number of ether oxygens (including phenoxy) is 2. The molecule has 11 nitrogen and oxygen atoms in total. The summed E-state index contributed by atoms with van der Waals surface area (Å²) in [5, 5.41) is 9.37. The number of aliphatic imine (C=N–C) groups is 1. The van der Waals surface area contributed by atoms with E-state index in [9.17, 15) is 18.0 Å². The molecule has 4 atom stereocenters. The number of benzene rings is 2. The van der Waals surface area contributed by atoms with Gasteiger partial charge in [0, 0.05) is 41.7 Å². The number of alkyl halides is 3. The van der Waals surface area contributed by atoms with Gasteiger partial charge in [-0.2, -0.15) is 0 Å². The number of hydrogen-bond donors (Lipinski definition) is 6. The smallest absolute Gasteiger partial charge is 0.403 e. The standard InChI is InChI=1S/C31H38F4N8O3/c1-17(36)3-2-4-18-11-23(27(32)26(12-18)46-31(33,34)35)24-13-20-14-43(30(44)42-28(20)41-24)22-7-5-19(6-8-22)25-16-45-15-21(40-25)9-10-39-29(37)38/h5-8,11-14,17,21,25,28,40-41H,2-4,9-10,15-16,36H2,1H3,(H,42,44)(H4,37,38,39). The molecule has 0 radical (unpaired) electrons. The predicted molar refractivity (Wildman–Crippen MR) is 166 cm³/mol. The Labute approximate surface area is 263 Å². The van der Waals surface area contributed by atoms with E-state index in [-0.39, 0.29) is 35.3 Å². The summed E-state index contributed by atoms with van der Waals surface area (Å²) in [7, 11) is 0. The second-order valence-electron chi connectivity index (χ2n) is 11.6. The number of morpholine rings is 1. The summed E-state index contributed by atoms with van der Waals surface area (Å²) < 4.78 is 64.5. The van der Waals surface area contributed by atoms with E-state index in [0.29, 0.717) is 62.3 Å². The summed E-state index contributed by atoms with van der Waals surface area (Å²) >= 11 is 0. The Kier molecular flexibility index (Phi) is 10.0. The zero-order chi connectivity index (χ0) is 33.0. The van der Waals surface area contributed by atoms with Crippen LogP contribution in [0, 0.1) is 5.82 Å². The van der Waals surface area contributed by atoms with Crippen molar-refractivity contribution in [1.82, 2.24) is 16.0 Å². The normalized spacial score (nSPS) is 21.8. The number of fused-ring (bicyclic) bond motifs is 1. The number of nitrogens with one attached hydrogen (secondary N) is 3. The molecule has 1 saturated heterocycles. The van der Waals surface area contributed by atoms with Crippen LogP contribution in [0.25, 0.3) is 5.70 Å². The Morgan fingerprint density at radius 3 is 2.63 bits per heavy atom. The summed E-state index contributed by atoms with van der Waals surface area (Å²) in [6.45, 7) is 3.33. The minimum atomic E-state index is -5.07. The van der Waals surface area contributed by atoms with E-state index in [1.54, 1.807) is 24.4 Å². The molecule has 248 valence electrons. The van der Waals surface area contributed by atoms with Crippen molar-refractivity contribution in [1.29, 1.82) is 0 Å². The van der Waals surface area contributed by atoms with Crippen molar-refractivity contribution in [2.45, 2.75) is 63.3 Å². The molecule has 9 N–H and O–H groups in total. The number of nitrogens with two attached hydrogens (primary N) is 3. The van der Waals surface area contributed by atoms with E-state index >= 15 is 4.39 Å². The second kappa shape index (κ2) is 14.0. The van der Waals surface area contributed by atoms with Gasteiger partial charge in [-0.25, -0.2) is 9.18 Å². The molecule has 0 aliphatic carbocycles. The van der Waals surface area contributed by atoms with Gasteiger partial charge in [0.1, 0.15) is 6.17 Å². The third-order valence-electron chi connectivity index (χ3n) is 7.83. The summed E-state index contributed by atoms with van der Waals surface area (Å²) in [5.74, 6) is -2.04. The number of carbonyl (C=O) groups is 1. The summed E-state index contributed by atoms with van der Waals surface area (Å²) in [4.78, 5) is 18.5. The zero-order valence-corrected chi connectivity index (χ0v) is 25.2. The van der Waals surface area contributed by atoms with Crippen molar-refractivity contribution in [3.63, 3.8) is 0 Å². The van der Waals surface area contributed by atoms with E-state index < -0.39 is 30.1 Å². The molecule has 15 heteroatoms. The highest BCUT2D eigenvalue weighted by atomic mass is 19.4. The van der Waals surface area contributed by atoms with Crippen molar-refractivity contribution < 1.29 is 31.8 Å². The summed E-state index contributed by atoms with van der Waals surface area (Å²) in [5.41, 5.74) is 19.3. The van der Waals surface area contributed by atoms with Crippen LogP contribution in [0.15, 0.2) is 59.2 Å². The van der Waals surface area contributed by atoms with Crippen molar-refractivity contribution >= 4 is 23.4 Å². The lowest BCUT2D eigenvalue weighted by molar-refractivity contribution is -0.275. The first kappa shape index (κ1) is 33.0. The highest BCUT2D eigenvalue weighted by molar-refractivity contribution is 5.96. The van der Waals surface area contributed by atoms with Crippen LogP contribution in [0.1, 0.15) is 48.9 Å². The van der Waals surface area contributed by atoms with E-state index in [4.69, 9.17) is 21.9 Å². The van der Waals surface area contributed by atoms with Crippen LogP contribution in [0.5, 0.6) is 5.75 Å². The first-order valence-corrected chi connectivity index (χ1v) is 15.0. The summed E-state index contributed by atoms with van der Waals surface area (Å²) in [6.07, 6.45) is -0.241. The molecule has 2 aromatic carbocycles. The van der Waals surface area contributed by atoms with Crippen LogP contribution >= 0.6 is 0 Å². The van der Waals surface area contributed by atoms with Crippen LogP contribution in [-0.2, 0) is 11.2 Å². The molecule has 1 fully saturated rings. The van der Waals surface area contributed by atoms with E-state index in [0.717, 1.165) is 11.6 Å². The van der Waals surface area contributed by atoms with Crippen molar-refractivity contribution in [2.24, 2.45) is 22.2 Å². The van der Waals surface area contributed by atoms with E-state index in [1.807, 2.05) is 19.1 Å².